The van der Waals surface area contributed by atoms with Gasteiger partial charge in [-0.3, -0.25) is 14.2 Å². The first-order chi connectivity index (χ1) is 15.1. The predicted molar refractivity (Wildman–Crippen MR) is 125 cm³/mol. The van der Waals surface area contributed by atoms with Crippen molar-refractivity contribution in [2.45, 2.75) is 43.8 Å². The molecule has 0 unspecified atom stereocenters. The Morgan fingerprint density at radius 3 is 2.65 bits per heavy atom. The van der Waals surface area contributed by atoms with Crippen molar-refractivity contribution in [3.63, 3.8) is 0 Å². The molecule has 3 aromatic rings. The largest absolute Gasteiger partial charge is 0.353 e. The Kier molecular flexibility index (Phi) is 5.57. The minimum Gasteiger partial charge on any atom is -0.353 e. The summed E-state index contributed by atoms with van der Waals surface area (Å²) in [5.41, 5.74) is 1.29. The fraction of sp³-hybridized carbons (Fsp3) is 0.400. The van der Waals surface area contributed by atoms with Gasteiger partial charge in [-0.15, -0.1) is 0 Å². The fourth-order valence-electron chi connectivity index (χ4n) is 5.45. The normalized spacial score (nSPS) is 23.2. The Bertz CT molecular complexity index is 1160. The van der Waals surface area contributed by atoms with Gasteiger partial charge in [-0.25, -0.2) is 4.98 Å². The summed E-state index contributed by atoms with van der Waals surface area (Å²) in [5, 5.41) is 4.33. The van der Waals surface area contributed by atoms with E-state index in [1.54, 1.807) is 10.6 Å². The quantitative estimate of drug-likeness (QED) is 0.462. The second kappa shape index (κ2) is 8.50. The van der Waals surface area contributed by atoms with Gasteiger partial charge < -0.3 is 5.32 Å². The molecule has 0 aliphatic heterocycles. The molecule has 0 radical (unpaired) electrons. The van der Waals surface area contributed by atoms with Gasteiger partial charge in [0.05, 0.1) is 22.3 Å². The zero-order valence-corrected chi connectivity index (χ0v) is 18.5. The van der Waals surface area contributed by atoms with E-state index in [4.69, 9.17) is 4.98 Å². The van der Waals surface area contributed by atoms with E-state index < -0.39 is 0 Å². The summed E-state index contributed by atoms with van der Waals surface area (Å²) >= 11 is 1.32. The van der Waals surface area contributed by atoms with Crippen LogP contribution in [-0.4, -0.2) is 27.3 Å². The molecular weight excluding hydrogens is 406 g/mol. The van der Waals surface area contributed by atoms with E-state index in [2.05, 4.69) is 12.2 Å². The zero-order valence-electron chi connectivity index (χ0n) is 17.7. The summed E-state index contributed by atoms with van der Waals surface area (Å²) in [6, 6.07) is 17.0. The molecule has 1 N–H and O–H groups in total. The Hall–Kier alpha value is -2.60. The number of carbonyl (C=O) groups is 1. The van der Waals surface area contributed by atoms with Crippen LogP contribution in [0.5, 0.6) is 0 Å². The molecule has 5 nitrogen and oxygen atoms in total. The number of fused-ring (bicyclic) bond motifs is 3. The van der Waals surface area contributed by atoms with Crippen LogP contribution in [-0.2, 0) is 4.79 Å². The van der Waals surface area contributed by atoms with E-state index in [1.807, 2.05) is 48.5 Å². The van der Waals surface area contributed by atoms with Crippen molar-refractivity contribution < 1.29 is 4.79 Å². The van der Waals surface area contributed by atoms with E-state index in [-0.39, 0.29) is 23.3 Å². The van der Waals surface area contributed by atoms with Gasteiger partial charge >= 0.3 is 0 Å². The van der Waals surface area contributed by atoms with E-state index in [9.17, 15) is 9.59 Å². The second-order valence-corrected chi connectivity index (χ2v) is 9.81. The molecule has 2 bridgehead atoms. The Morgan fingerprint density at radius 1 is 1.13 bits per heavy atom. The number of nitrogens with zero attached hydrogens (tertiary/aromatic N) is 2. The molecule has 2 aromatic carbocycles. The number of para-hydroxylation sites is 2. The van der Waals surface area contributed by atoms with Gasteiger partial charge in [-0.2, -0.15) is 0 Å². The molecule has 0 spiro atoms. The SMILES string of the molecule is C[C@H](NC(=O)CSc1nc2ccccc2c(=O)n1-c1ccccc1)[C@H]1C[C@H]2CC[C@H]1C2. The first kappa shape index (κ1) is 20.3. The molecule has 4 atom stereocenters. The van der Waals surface area contributed by atoms with Crippen molar-refractivity contribution in [1.82, 2.24) is 14.9 Å². The molecule has 2 aliphatic rings. The van der Waals surface area contributed by atoms with E-state index in [0.29, 0.717) is 22.0 Å². The van der Waals surface area contributed by atoms with Gasteiger partial charge in [0.15, 0.2) is 5.16 Å². The number of rotatable bonds is 6. The Balaban J connectivity index is 1.36. The molecule has 2 fully saturated rings. The minimum absolute atomic E-state index is 0.00212. The standard InChI is InChI=1S/C25H27N3O2S/c1-16(21-14-17-11-12-18(21)13-17)26-23(29)15-31-25-27-22-10-6-5-9-20(22)24(30)28(25)19-7-3-2-4-8-19/h2-10,16-18,21H,11-15H2,1H3,(H,26,29)/t16-,17-,18-,21+/m0/s1. The summed E-state index contributed by atoms with van der Waals surface area (Å²) < 4.78 is 1.61. The van der Waals surface area contributed by atoms with Gasteiger partial charge in [-0.05, 0) is 68.2 Å². The minimum atomic E-state index is -0.116. The Morgan fingerprint density at radius 2 is 1.90 bits per heavy atom. The first-order valence-electron chi connectivity index (χ1n) is 11.1. The number of benzene rings is 2. The van der Waals surface area contributed by atoms with E-state index in [0.717, 1.165) is 17.5 Å². The molecule has 0 saturated heterocycles. The van der Waals surface area contributed by atoms with Gasteiger partial charge in [0.2, 0.25) is 5.91 Å². The van der Waals surface area contributed by atoms with Gasteiger partial charge in [0, 0.05) is 6.04 Å². The predicted octanol–water partition coefficient (Wildman–Crippen LogP) is 4.42. The van der Waals surface area contributed by atoms with Crippen LogP contribution in [0.2, 0.25) is 0 Å². The first-order valence-corrected chi connectivity index (χ1v) is 12.1. The number of hydrogen-bond acceptors (Lipinski definition) is 4. The van der Waals surface area contributed by atoms with Gasteiger partial charge in [-0.1, -0.05) is 48.5 Å². The van der Waals surface area contributed by atoms with Crippen LogP contribution in [0.15, 0.2) is 64.5 Å². The second-order valence-electron chi connectivity index (χ2n) is 8.87. The molecule has 2 saturated carbocycles. The topological polar surface area (TPSA) is 64.0 Å². The number of nitrogens with one attached hydrogen (secondary N) is 1. The number of aromatic nitrogens is 2. The molecule has 1 aromatic heterocycles. The summed E-state index contributed by atoms with van der Waals surface area (Å²) in [7, 11) is 0. The molecule has 6 heteroatoms. The lowest BCUT2D eigenvalue weighted by Gasteiger charge is -2.28. The average Bonchev–Trinajstić information content (AvgIpc) is 3.42. The van der Waals surface area contributed by atoms with E-state index in [1.165, 1.54) is 37.4 Å². The highest BCUT2D eigenvalue weighted by molar-refractivity contribution is 7.99. The molecule has 1 heterocycles. The maximum absolute atomic E-state index is 13.2. The monoisotopic (exact) mass is 433 g/mol. The summed E-state index contributed by atoms with van der Waals surface area (Å²) in [4.78, 5) is 30.7. The third-order valence-electron chi connectivity index (χ3n) is 6.92. The highest BCUT2D eigenvalue weighted by Crippen LogP contribution is 2.49. The average molecular weight is 434 g/mol. The Labute approximate surface area is 186 Å². The van der Waals surface area contributed by atoms with Crippen LogP contribution < -0.4 is 10.9 Å². The van der Waals surface area contributed by atoms with Crippen molar-refractivity contribution in [2.75, 3.05) is 5.75 Å². The molecule has 2 aliphatic carbocycles. The lowest BCUT2D eigenvalue weighted by Crippen LogP contribution is -2.41. The van der Waals surface area contributed by atoms with Gasteiger partial charge in [0.25, 0.3) is 5.56 Å². The van der Waals surface area contributed by atoms with Crippen LogP contribution in [0, 0.1) is 17.8 Å². The van der Waals surface area contributed by atoms with Crippen molar-refractivity contribution in [3.05, 3.63) is 65.0 Å². The number of amides is 1. The van der Waals surface area contributed by atoms with Crippen LogP contribution in [0.3, 0.4) is 0 Å². The molecule has 160 valence electrons. The lowest BCUT2D eigenvalue weighted by atomic mass is 9.84. The summed E-state index contributed by atoms with van der Waals surface area (Å²) in [6.45, 7) is 2.14. The smallest absolute Gasteiger partial charge is 0.266 e. The number of hydrogen-bond donors (Lipinski definition) is 1. The van der Waals surface area contributed by atoms with E-state index >= 15 is 0 Å². The highest BCUT2D eigenvalue weighted by atomic mass is 32.2. The van der Waals surface area contributed by atoms with Crippen molar-refractivity contribution in [3.8, 4) is 5.69 Å². The fourth-order valence-corrected chi connectivity index (χ4v) is 6.28. The van der Waals surface area contributed by atoms with Crippen molar-refractivity contribution in [1.29, 1.82) is 0 Å². The zero-order chi connectivity index (χ0) is 21.4. The van der Waals surface area contributed by atoms with Crippen molar-refractivity contribution in [2.24, 2.45) is 17.8 Å². The molecule has 1 amide bonds. The molecule has 5 rings (SSSR count). The van der Waals surface area contributed by atoms with Crippen LogP contribution in [0.25, 0.3) is 16.6 Å². The van der Waals surface area contributed by atoms with Crippen LogP contribution >= 0.6 is 11.8 Å². The van der Waals surface area contributed by atoms with Gasteiger partial charge in [0.1, 0.15) is 0 Å². The third kappa shape index (κ3) is 4.01. The third-order valence-corrected chi connectivity index (χ3v) is 7.85. The maximum atomic E-state index is 13.2. The number of carbonyl (C=O) groups excluding carboxylic acids is 1. The maximum Gasteiger partial charge on any atom is 0.266 e. The number of thioether (sulfide) groups is 1. The molecular formula is C25H27N3O2S. The van der Waals surface area contributed by atoms with Crippen LogP contribution in [0.1, 0.15) is 32.6 Å². The van der Waals surface area contributed by atoms with Crippen LogP contribution in [0.4, 0.5) is 0 Å². The molecule has 31 heavy (non-hydrogen) atoms. The lowest BCUT2D eigenvalue weighted by molar-refractivity contribution is -0.119. The highest BCUT2D eigenvalue weighted by Gasteiger charge is 2.42. The summed E-state index contributed by atoms with van der Waals surface area (Å²) in [6.07, 6.45) is 5.26. The van der Waals surface area contributed by atoms with Crippen molar-refractivity contribution >= 4 is 28.6 Å². The summed E-state index contributed by atoms with van der Waals surface area (Å²) in [5.74, 6) is 2.49.